The fourth-order valence-electron chi connectivity index (χ4n) is 4.74. The van der Waals surface area contributed by atoms with Crippen molar-refractivity contribution in [2.75, 3.05) is 29.6 Å². The predicted molar refractivity (Wildman–Crippen MR) is 152 cm³/mol. The Bertz CT molecular complexity index is 1560. The molecular weight excluding hydrogens is 534 g/mol. The molecule has 0 aliphatic carbocycles. The van der Waals surface area contributed by atoms with E-state index in [-0.39, 0.29) is 16.3 Å². The van der Waals surface area contributed by atoms with Gasteiger partial charge in [-0.1, -0.05) is 31.5 Å². The predicted octanol–water partition coefficient (Wildman–Crippen LogP) is 5.67. The van der Waals surface area contributed by atoms with Crippen LogP contribution >= 0.6 is 11.3 Å². The number of nitrogens with zero attached hydrogens (tertiary/aromatic N) is 4. The first-order valence-corrected chi connectivity index (χ1v) is 15.5. The van der Waals surface area contributed by atoms with E-state index >= 15 is 0 Å². The van der Waals surface area contributed by atoms with Gasteiger partial charge in [-0.05, 0) is 49.1 Å². The van der Waals surface area contributed by atoms with Crippen LogP contribution in [0.2, 0.25) is 0 Å². The number of aromatic nitrogens is 3. The Balaban J connectivity index is 1.56. The zero-order valence-electron chi connectivity index (χ0n) is 21.7. The molecule has 39 heavy (non-hydrogen) atoms. The lowest BCUT2D eigenvalue weighted by Gasteiger charge is -2.36. The van der Waals surface area contributed by atoms with Crippen molar-refractivity contribution in [3.05, 3.63) is 72.0 Å². The monoisotopic (exact) mass is 563 g/mol. The number of hydrogen-bond acceptors (Lipinski definition) is 9. The van der Waals surface area contributed by atoms with Gasteiger partial charge in [0.15, 0.2) is 9.84 Å². The van der Waals surface area contributed by atoms with E-state index in [2.05, 4.69) is 32.3 Å². The van der Waals surface area contributed by atoms with Gasteiger partial charge in [-0.15, -0.1) is 11.3 Å². The third kappa shape index (κ3) is 6.10. The third-order valence-electron chi connectivity index (χ3n) is 6.67. The van der Waals surface area contributed by atoms with Crippen LogP contribution in [0.4, 0.5) is 11.4 Å². The quantitative estimate of drug-likeness (QED) is 0.291. The van der Waals surface area contributed by atoms with Gasteiger partial charge >= 0.3 is 0 Å². The minimum atomic E-state index is -3.76. The molecule has 1 amide bonds. The van der Waals surface area contributed by atoms with E-state index in [1.165, 1.54) is 17.6 Å². The van der Waals surface area contributed by atoms with Crippen LogP contribution in [-0.2, 0) is 9.84 Å². The summed E-state index contributed by atoms with van der Waals surface area (Å²) < 4.78 is 32.6. The van der Waals surface area contributed by atoms with Crippen molar-refractivity contribution in [2.24, 2.45) is 5.92 Å². The molecule has 5 rings (SSSR count). The molecule has 0 saturated carbocycles. The number of amides is 1. The molecule has 1 saturated heterocycles. The molecule has 1 atom stereocenters. The van der Waals surface area contributed by atoms with Crippen LogP contribution in [0.15, 0.2) is 71.2 Å². The van der Waals surface area contributed by atoms with Gasteiger partial charge in [0.1, 0.15) is 27.1 Å². The van der Waals surface area contributed by atoms with Gasteiger partial charge in [0.25, 0.3) is 5.91 Å². The maximum Gasteiger partial charge on any atom is 0.275 e. The van der Waals surface area contributed by atoms with Gasteiger partial charge < -0.3 is 15.0 Å². The number of piperidine rings is 1. The van der Waals surface area contributed by atoms with Gasteiger partial charge in [0.05, 0.1) is 23.8 Å². The van der Waals surface area contributed by atoms with Crippen molar-refractivity contribution >= 4 is 38.5 Å². The highest BCUT2D eigenvalue weighted by atomic mass is 32.2. The zero-order valence-corrected chi connectivity index (χ0v) is 23.3. The number of para-hydroxylation sites is 1. The number of hydrogen-bond donors (Lipinski definition) is 1. The molecule has 11 heteroatoms. The molecule has 1 N–H and O–H groups in total. The number of thiazole rings is 1. The van der Waals surface area contributed by atoms with Gasteiger partial charge in [0.2, 0.25) is 0 Å². The summed E-state index contributed by atoms with van der Waals surface area (Å²) in [6.45, 7) is 3.50. The molecule has 4 aromatic rings. The first kappa shape index (κ1) is 26.8. The second-order valence-corrected chi connectivity index (χ2v) is 12.3. The summed E-state index contributed by atoms with van der Waals surface area (Å²) in [4.78, 5) is 20.0. The Morgan fingerprint density at radius 3 is 2.69 bits per heavy atom. The molecule has 2 aromatic carbocycles. The van der Waals surface area contributed by atoms with E-state index in [0.717, 1.165) is 24.8 Å². The van der Waals surface area contributed by atoms with Crippen LogP contribution in [0.25, 0.3) is 10.6 Å². The molecule has 2 aromatic heterocycles. The standard InChI is InChI=1S/C28H29N5O4S2/c1-3-19-8-7-15-33(17-19)25-22(31-27(34)23-18-38-28(32-23)20-13-14-29-30-16-20)11-12-24(26(25)39(2,35)36)37-21-9-5-4-6-10-21/h4-6,9-14,16,18-19H,3,7-8,15,17H2,1-2H3,(H,31,34)/t19-/m1/s1. The minimum Gasteiger partial charge on any atom is -0.456 e. The minimum absolute atomic E-state index is 0.0581. The molecule has 202 valence electrons. The second kappa shape index (κ2) is 11.5. The molecule has 3 heterocycles. The number of carbonyl (C=O) groups excluding carboxylic acids is 1. The van der Waals surface area contributed by atoms with E-state index in [0.29, 0.717) is 41.1 Å². The number of nitrogens with one attached hydrogen (secondary N) is 1. The Morgan fingerprint density at radius 2 is 1.97 bits per heavy atom. The molecule has 1 fully saturated rings. The number of benzene rings is 2. The van der Waals surface area contributed by atoms with E-state index < -0.39 is 15.7 Å². The van der Waals surface area contributed by atoms with E-state index in [4.69, 9.17) is 4.74 Å². The third-order valence-corrected chi connectivity index (χ3v) is 8.69. The summed E-state index contributed by atoms with van der Waals surface area (Å²) in [6, 6.07) is 14.1. The zero-order chi connectivity index (χ0) is 27.4. The van der Waals surface area contributed by atoms with Crippen LogP contribution in [0.3, 0.4) is 0 Å². The topological polar surface area (TPSA) is 114 Å². The second-order valence-electron chi connectivity index (χ2n) is 9.46. The Morgan fingerprint density at radius 1 is 1.15 bits per heavy atom. The largest absolute Gasteiger partial charge is 0.456 e. The summed E-state index contributed by atoms with van der Waals surface area (Å²) in [5.74, 6) is 0.733. The SMILES string of the molecule is CC[C@@H]1CCCN(c2c(NC(=O)c3csc(-c4ccnnc4)n3)ccc(Oc3ccccc3)c2S(C)(=O)=O)C1. The number of sulfone groups is 1. The van der Waals surface area contributed by atoms with Crippen molar-refractivity contribution in [3.8, 4) is 22.1 Å². The number of rotatable bonds is 8. The maximum absolute atomic E-state index is 13.4. The first-order chi connectivity index (χ1) is 18.8. The molecule has 1 aliphatic heterocycles. The van der Waals surface area contributed by atoms with Crippen LogP contribution in [-0.4, -0.2) is 48.9 Å². The van der Waals surface area contributed by atoms with Crippen LogP contribution in [0, 0.1) is 5.92 Å². The Hall–Kier alpha value is -3.83. The average Bonchev–Trinajstić information content (AvgIpc) is 3.45. The lowest BCUT2D eigenvalue weighted by atomic mass is 9.95. The smallest absolute Gasteiger partial charge is 0.275 e. The van der Waals surface area contributed by atoms with Crippen molar-refractivity contribution in [1.82, 2.24) is 15.2 Å². The lowest BCUT2D eigenvalue weighted by molar-refractivity contribution is 0.102. The highest BCUT2D eigenvalue weighted by Gasteiger charge is 2.31. The molecule has 1 aliphatic rings. The molecule has 0 unspecified atom stereocenters. The summed E-state index contributed by atoms with van der Waals surface area (Å²) in [7, 11) is -3.76. The van der Waals surface area contributed by atoms with Crippen molar-refractivity contribution in [2.45, 2.75) is 31.1 Å². The summed E-state index contributed by atoms with van der Waals surface area (Å²) in [6.07, 6.45) is 7.31. The normalized spacial score (nSPS) is 15.6. The molecule has 9 nitrogen and oxygen atoms in total. The fraction of sp³-hybridized carbons (Fsp3) is 0.286. The van der Waals surface area contributed by atoms with Crippen LogP contribution in [0.5, 0.6) is 11.5 Å². The summed E-state index contributed by atoms with van der Waals surface area (Å²) in [5, 5.41) is 12.9. The van der Waals surface area contributed by atoms with Gasteiger partial charge in [-0.2, -0.15) is 10.2 Å². The Kier molecular flexibility index (Phi) is 7.89. The van der Waals surface area contributed by atoms with Crippen molar-refractivity contribution in [1.29, 1.82) is 0 Å². The fourth-order valence-corrected chi connectivity index (χ4v) is 6.59. The molecule has 0 radical (unpaired) electrons. The average molecular weight is 564 g/mol. The summed E-state index contributed by atoms with van der Waals surface area (Å²) >= 11 is 1.32. The highest BCUT2D eigenvalue weighted by Crippen LogP contribution is 2.43. The Labute approximate surface area is 231 Å². The van der Waals surface area contributed by atoms with E-state index in [1.54, 1.807) is 48.1 Å². The van der Waals surface area contributed by atoms with Crippen LogP contribution in [0.1, 0.15) is 36.7 Å². The first-order valence-electron chi connectivity index (χ1n) is 12.7. The summed E-state index contributed by atoms with van der Waals surface area (Å²) in [5.41, 5.74) is 1.84. The number of ether oxygens (including phenoxy) is 1. The molecule has 0 bridgehead atoms. The molecule has 0 spiro atoms. The van der Waals surface area contributed by atoms with Gasteiger partial charge in [0, 0.05) is 30.3 Å². The number of carbonyl (C=O) groups is 1. The van der Waals surface area contributed by atoms with E-state index in [9.17, 15) is 13.2 Å². The number of anilines is 2. The molecular formula is C28H29N5O4S2. The van der Waals surface area contributed by atoms with E-state index in [1.807, 2.05) is 18.2 Å². The van der Waals surface area contributed by atoms with Crippen molar-refractivity contribution in [3.63, 3.8) is 0 Å². The van der Waals surface area contributed by atoms with Gasteiger partial charge in [-0.3, -0.25) is 4.79 Å². The van der Waals surface area contributed by atoms with Crippen LogP contribution < -0.4 is 15.0 Å². The highest BCUT2D eigenvalue weighted by molar-refractivity contribution is 7.91. The lowest BCUT2D eigenvalue weighted by Crippen LogP contribution is -2.36. The van der Waals surface area contributed by atoms with Gasteiger partial charge in [-0.25, -0.2) is 13.4 Å². The maximum atomic E-state index is 13.4. The van der Waals surface area contributed by atoms with Crippen molar-refractivity contribution < 1.29 is 17.9 Å².